The van der Waals surface area contributed by atoms with Gasteiger partial charge in [0.25, 0.3) is 11.7 Å². The van der Waals surface area contributed by atoms with Gasteiger partial charge in [-0.1, -0.05) is 18.2 Å². The fraction of sp³-hybridized carbons (Fsp3) is 0.136. The first-order valence-corrected chi connectivity index (χ1v) is 9.22. The number of aromatic nitrogens is 2. The van der Waals surface area contributed by atoms with Crippen molar-refractivity contribution < 1.29 is 23.5 Å². The van der Waals surface area contributed by atoms with Crippen molar-refractivity contribution in [2.75, 3.05) is 7.11 Å². The number of esters is 1. The van der Waals surface area contributed by atoms with E-state index in [0.29, 0.717) is 10.9 Å². The van der Waals surface area contributed by atoms with Crippen LogP contribution in [0.5, 0.6) is 0 Å². The first kappa shape index (κ1) is 19.4. The van der Waals surface area contributed by atoms with Crippen LogP contribution in [0.15, 0.2) is 54.9 Å². The van der Waals surface area contributed by atoms with Crippen LogP contribution in [0.1, 0.15) is 15.9 Å². The van der Waals surface area contributed by atoms with Gasteiger partial charge < -0.3 is 20.0 Å². The second-order valence-electron chi connectivity index (χ2n) is 6.83. The summed E-state index contributed by atoms with van der Waals surface area (Å²) in [6, 6.07) is 10.4. The zero-order valence-electron chi connectivity index (χ0n) is 16.0. The van der Waals surface area contributed by atoms with E-state index in [-0.39, 0.29) is 12.0 Å². The van der Waals surface area contributed by atoms with E-state index >= 15 is 0 Å². The van der Waals surface area contributed by atoms with Gasteiger partial charge in [-0.05, 0) is 29.8 Å². The third kappa shape index (κ3) is 3.55. The van der Waals surface area contributed by atoms with Gasteiger partial charge in [-0.3, -0.25) is 9.59 Å². The number of fused-ring (bicyclic) bond motifs is 2. The van der Waals surface area contributed by atoms with E-state index in [1.807, 2.05) is 24.3 Å². The average molecular weight is 407 g/mol. The summed E-state index contributed by atoms with van der Waals surface area (Å²) >= 11 is 0. The summed E-state index contributed by atoms with van der Waals surface area (Å²) < 4.78 is 18.2. The van der Waals surface area contributed by atoms with Gasteiger partial charge in [0.2, 0.25) is 0 Å². The minimum atomic E-state index is -1.05. The largest absolute Gasteiger partial charge is 0.467 e. The van der Waals surface area contributed by atoms with Crippen molar-refractivity contribution >= 4 is 39.5 Å². The molecule has 0 aliphatic rings. The Hall–Kier alpha value is -3.94. The second-order valence-corrected chi connectivity index (χ2v) is 6.83. The van der Waals surface area contributed by atoms with Crippen molar-refractivity contribution in [3.8, 4) is 0 Å². The summed E-state index contributed by atoms with van der Waals surface area (Å²) in [6.07, 6.45) is 3.25. The SMILES string of the molecule is COC(=O)[C@H](Cc1c[nH]c2ccccc12)NC(=O)C(=O)c1c[nH]c2cc(F)ccc12. The predicted octanol–water partition coefficient (Wildman–Crippen LogP) is 2.87. The molecule has 3 N–H and O–H groups in total. The van der Waals surface area contributed by atoms with Gasteiger partial charge in [0, 0.05) is 40.6 Å². The number of ether oxygens (including phenoxy) is 1. The fourth-order valence-electron chi connectivity index (χ4n) is 3.49. The Labute approximate surface area is 170 Å². The number of carbonyl (C=O) groups excluding carboxylic acids is 3. The van der Waals surface area contributed by atoms with Gasteiger partial charge in [0.15, 0.2) is 0 Å². The number of Topliss-reactive ketones (excluding diaryl/α,β-unsaturated/α-hetero) is 1. The van der Waals surface area contributed by atoms with Crippen LogP contribution in [-0.2, 0) is 20.7 Å². The molecule has 7 nitrogen and oxygen atoms in total. The Balaban J connectivity index is 1.57. The fourth-order valence-corrected chi connectivity index (χ4v) is 3.49. The molecule has 0 fully saturated rings. The zero-order chi connectivity index (χ0) is 21.3. The molecule has 2 heterocycles. The van der Waals surface area contributed by atoms with Crippen molar-refractivity contribution in [1.29, 1.82) is 0 Å². The van der Waals surface area contributed by atoms with Crippen LogP contribution in [0.25, 0.3) is 21.8 Å². The molecule has 4 rings (SSSR count). The highest BCUT2D eigenvalue weighted by molar-refractivity contribution is 6.45. The number of ketones is 1. The maximum Gasteiger partial charge on any atom is 0.328 e. The van der Waals surface area contributed by atoms with Crippen LogP contribution in [0.2, 0.25) is 0 Å². The normalized spacial score (nSPS) is 12.1. The minimum absolute atomic E-state index is 0.0956. The highest BCUT2D eigenvalue weighted by atomic mass is 19.1. The number of hydrogen-bond donors (Lipinski definition) is 3. The van der Waals surface area contributed by atoms with Crippen molar-refractivity contribution in [3.63, 3.8) is 0 Å². The van der Waals surface area contributed by atoms with Crippen LogP contribution in [0.3, 0.4) is 0 Å². The summed E-state index contributed by atoms with van der Waals surface area (Å²) in [7, 11) is 1.22. The molecule has 8 heteroatoms. The van der Waals surface area contributed by atoms with E-state index in [0.717, 1.165) is 16.5 Å². The number of H-pyrrole nitrogens is 2. The van der Waals surface area contributed by atoms with Gasteiger partial charge in [-0.25, -0.2) is 9.18 Å². The van der Waals surface area contributed by atoms with Crippen LogP contribution >= 0.6 is 0 Å². The molecule has 0 unspecified atom stereocenters. The lowest BCUT2D eigenvalue weighted by atomic mass is 10.0. The van der Waals surface area contributed by atoms with Gasteiger partial charge in [0.05, 0.1) is 12.7 Å². The molecule has 30 heavy (non-hydrogen) atoms. The number of carbonyl (C=O) groups is 3. The van der Waals surface area contributed by atoms with Crippen molar-refractivity contribution in [1.82, 2.24) is 15.3 Å². The lowest BCUT2D eigenvalue weighted by Crippen LogP contribution is -2.45. The first-order valence-electron chi connectivity index (χ1n) is 9.22. The highest BCUT2D eigenvalue weighted by Gasteiger charge is 2.28. The number of hydrogen-bond acceptors (Lipinski definition) is 4. The van der Waals surface area contributed by atoms with E-state index in [4.69, 9.17) is 4.74 Å². The topological polar surface area (TPSA) is 104 Å². The van der Waals surface area contributed by atoms with Crippen molar-refractivity contribution in [3.05, 3.63) is 71.8 Å². The number of para-hydroxylation sites is 1. The third-order valence-corrected chi connectivity index (χ3v) is 4.98. The smallest absolute Gasteiger partial charge is 0.328 e. The molecule has 0 bridgehead atoms. The highest BCUT2D eigenvalue weighted by Crippen LogP contribution is 2.21. The van der Waals surface area contributed by atoms with Crippen LogP contribution in [0, 0.1) is 5.82 Å². The van der Waals surface area contributed by atoms with E-state index in [9.17, 15) is 18.8 Å². The van der Waals surface area contributed by atoms with E-state index in [1.165, 1.54) is 31.5 Å². The van der Waals surface area contributed by atoms with Crippen molar-refractivity contribution in [2.45, 2.75) is 12.5 Å². The Bertz CT molecular complexity index is 1270. The molecular formula is C22H18FN3O4. The van der Waals surface area contributed by atoms with E-state index < -0.39 is 29.5 Å². The molecule has 1 atom stereocenters. The van der Waals surface area contributed by atoms with Crippen LogP contribution in [0.4, 0.5) is 4.39 Å². The second kappa shape index (κ2) is 7.82. The number of aromatic amines is 2. The number of nitrogens with one attached hydrogen (secondary N) is 3. The lowest BCUT2D eigenvalue weighted by Gasteiger charge is -2.15. The number of rotatable bonds is 6. The van der Waals surface area contributed by atoms with Gasteiger partial charge >= 0.3 is 5.97 Å². The van der Waals surface area contributed by atoms with E-state index in [1.54, 1.807) is 6.20 Å². The average Bonchev–Trinajstić information content (AvgIpc) is 3.36. The standard InChI is InChI=1S/C22H18FN3O4/c1-30-22(29)19(8-12-10-24-17-5-3-2-4-14(12)17)26-21(28)20(27)16-11-25-18-9-13(23)6-7-15(16)18/h2-7,9-11,19,24-25H,8H2,1H3,(H,26,28)/t19-/m0/s1. The molecule has 0 saturated heterocycles. The zero-order valence-corrected chi connectivity index (χ0v) is 16.0. The molecule has 152 valence electrons. The molecule has 0 aliphatic carbocycles. The van der Waals surface area contributed by atoms with E-state index in [2.05, 4.69) is 15.3 Å². The maximum atomic E-state index is 13.4. The van der Waals surface area contributed by atoms with Gasteiger partial charge in [0.1, 0.15) is 11.9 Å². The Morgan fingerprint density at radius 3 is 2.60 bits per heavy atom. The first-order chi connectivity index (χ1) is 14.5. The molecule has 0 aliphatic heterocycles. The Morgan fingerprint density at radius 1 is 1.03 bits per heavy atom. The molecular weight excluding hydrogens is 389 g/mol. The predicted molar refractivity (Wildman–Crippen MR) is 109 cm³/mol. The quantitative estimate of drug-likeness (QED) is 0.260. The van der Waals surface area contributed by atoms with Crippen molar-refractivity contribution in [2.24, 2.45) is 0 Å². The van der Waals surface area contributed by atoms with Gasteiger partial charge in [-0.2, -0.15) is 0 Å². The molecule has 0 radical (unpaired) electrons. The summed E-state index contributed by atoms with van der Waals surface area (Å²) in [5.74, 6) is -2.91. The Kier molecular flexibility index (Phi) is 5.05. The molecule has 0 spiro atoms. The summed E-state index contributed by atoms with van der Waals surface area (Å²) in [5.41, 5.74) is 2.19. The third-order valence-electron chi connectivity index (χ3n) is 4.98. The molecule has 0 saturated carbocycles. The monoisotopic (exact) mass is 407 g/mol. The number of methoxy groups -OCH3 is 1. The summed E-state index contributed by atoms with van der Waals surface area (Å²) in [5, 5.41) is 3.80. The number of benzene rings is 2. The lowest BCUT2D eigenvalue weighted by molar-refractivity contribution is -0.144. The summed E-state index contributed by atoms with van der Waals surface area (Å²) in [4.78, 5) is 43.4. The molecule has 1 amide bonds. The van der Waals surface area contributed by atoms with Crippen LogP contribution < -0.4 is 5.32 Å². The van der Waals surface area contributed by atoms with Crippen LogP contribution in [-0.4, -0.2) is 40.8 Å². The minimum Gasteiger partial charge on any atom is -0.467 e. The Morgan fingerprint density at radius 2 is 1.80 bits per heavy atom. The number of halogens is 1. The number of amides is 1. The maximum absolute atomic E-state index is 13.4. The summed E-state index contributed by atoms with van der Waals surface area (Å²) in [6.45, 7) is 0. The molecule has 2 aromatic heterocycles. The molecule has 4 aromatic rings. The molecule has 2 aromatic carbocycles. The van der Waals surface area contributed by atoms with Gasteiger partial charge in [-0.15, -0.1) is 0 Å².